The average Bonchev–Trinajstić information content (AvgIpc) is 2.66. The van der Waals surface area contributed by atoms with Gasteiger partial charge in [0.1, 0.15) is 11.5 Å². The van der Waals surface area contributed by atoms with E-state index in [2.05, 4.69) is 5.10 Å². The number of carbonyl (C=O) groups excluding carboxylic acids is 1. The maximum Gasteiger partial charge on any atom is 0.170 e. The quantitative estimate of drug-likeness (QED) is 0.762. The summed E-state index contributed by atoms with van der Waals surface area (Å²) >= 11 is 0. The highest BCUT2D eigenvalue weighted by Gasteiger charge is 2.15. The smallest absolute Gasteiger partial charge is 0.170 e. The van der Waals surface area contributed by atoms with Crippen LogP contribution in [0.1, 0.15) is 23.0 Å². The van der Waals surface area contributed by atoms with E-state index in [1.165, 1.54) is 12.1 Å². The third kappa shape index (κ3) is 1.98. The second-order valence-corrected chi connectivity index (χ2v) is 3.81. The van der Waals surface area contributed by atoms with Gasteiger partial charge in [-0.15, -0.1) is 0 Å². The summed E-state index contributed by atoms with van der Waals surface area (Å²) in [6, 6.07) is 6.20. The zero-order chi connectivity index (χ0) is 12.4. The molecule has 17 heavy (non-hydrogen) atoms. The minimum absolute atomic E-state index is 0.274. The lowest BCUT2D eigenvalue weighted by atomic mass is 10.0. The van der Waals surface area contributed by atoms with E-state index in [-0.39, 0.29) is 5.82 Å². The molecular formula is C13H13FN2O. The van der Waals surface area contributed by atoms with Crippen LogP contribution in [0.5, 0.6) is 0 Å². The highest BCUT2D eigenvalue weighted by molar-refractivity contribution is 5.79. The predicted octanol–water partition coefficient (Wildman–Crippen LogP) is 2.60. The first-order valence-corrected chi connectivity index (χ1v) is 5.44. The van der Waals surface area contributed by atoms with Crippen LogP contribution >= 0.6 is 0 Å². The number of hydrogen-bond acceptors (Lipinski definition) is 2. The maximum atomic E-state index is 12.9. The summed E-state index contributed by atoms with van der Waals surface area (Å²) in [5, 5.41) is 4.15. The van der Waals surface area contributed by atoms with Gasteiger partial charge in [0.25, 0.3) is 0 Å². The fourth-order valence-electron chi connectivity index (χ4n) is 2.00. The Kier molecular flexibility index (Phi) is 3.04. The first-order chi connectivity index (χ1) is 8.17. The van der Waals surface area contributed by atoms with Crippen molar-refractivity contribution in [3.8, 4) is 11.3 Å². The van der Waals surface area contributed by atoms with Gasteiger partial charge >= 0.3 is 0 Å². The number of halogens is 1. The van der Waals surface area contributed by atoms with Gasteiger partial charge < -0.3 is 0 Å². The molecule has 0 amide bonds. The predicted molar refractivity (Wildman–Crippen MR) is 63.4 cm³/mol. The Labute approximate surface area is 98.9 Å². The molecule has 0 saturated heterocycles. The molecule has 1 aromatic carbocycles. The Balaban J connectivity index is 2.61. The van der Waals surface area contributed by atoms with Crippen LogP contribution < -0.4 is 0 Å². The number of hydrogen-bond donors (Lipinski definition) is 0. The number of aromatic nitrogens is 2. The van der Waals surface area contributed by atoms with Crippen molar-refractivity contribution in [2.24, 2.45) is 7.05 Å². The summed E-state index contributed by atoms with van der Waals surface area (Å²) in [5.41, 5.74) is 3.09. The summed E-state index contributed by atoms with van der Waals surface area (Å²) < 4.78 is 14.5. The fourth-order valence-corrected chi connectivity index (χ4v) is 2.00. The van der Waals surface area contributed by atoms with Crippen LogP contribution in [-0.2, 0) is 13.5 Å². The number of benzene rings is 1. The lowest BCUT2D eigenvalue weighted by molar-refractivity contribution is 0.111. The second-order valence-electron chi connectivity index (χ2n) is 3.81. The molecule has 88 valence electrons. The number of aryl methyl sites for hydroxylation is 1. The van der Waals surface area contributed by atoms with Crippen molar-refractivity contribution in [3.05, 3.63) is 41.3 Å². The van der Waals surface area contributed by atoms with Gasteiger partial charge in [0.05, 0.1) is 5.69 Å². The zero-order valence-electron chi connectivity index (χ0n) is 9.77. The SMILES string of the molecule is CCc1c(C=O)nn(C)c1-c1ccc(F)cc1. The van der Waals surface area contributed by atoms with Crippen LogP contribution in [0.2, 0.25) is 0 Å². The van der Waals surface area contributed by atoms with Crippen LogP contribution in [0, 0.1) is 5.82 Å². The molecule has 3 nitrogen and oxygen atoms in total. The number of aldehydes is 1. The van der Waals surface area contributed by atoms with Crippen molar-refractivity contribution in [1.29, 1.82) is 0 Å². The molecule has 0 atom stereocenters. The molecule has 0 bridgehead atoms. The van der Waals surface area contributed by atoms with Gasteiger partial charge in [-0.05, 0) is 30.7 Å². The Morgan fingerprint density at radius 2 is 2.00 bits per heavy atom. The highest BCUT2D eigenvalue weighted by Crippen LogP contribution is 2.25. The minimum atomic E-state index is -0.274. The van der Waals surface area contributed by atoms with Crippen LogP contribution in [-0.4, -0.2) is 16.1 Å². The average molecular weight is 232 g/mol. The molecule has 0 aliphatic carbocycles. The summed E-state index contributed by atoms with van der Waals surface area (Å²) in [4.78, 5) is 10.9. The standard InChI is InChI=1S/C13H13FN2O/c1-3-11-12(8-17)15-16(2)13(11)9-4-6-10(14)7-5-9/h4-8H,3H2,1-2H3. The molecule has 2 aromatic rings. The summed E-state index contributed by atoms with van der Waals surface area (Å²) in [6.07, 6.45) is 1.47. The van der Waals surface area contributed by atoms with Crippen molar-refractivity contribution >= 4 is 6.29 Å². The van der Waals surface area contributed by atoms with Crippen LogP contribution in [0.3, 0.4) is 0 Å². The van der Waals surface area contributed by atoms with E-state index in [0.717, 1.165) is 23.1 Å². The topological polar surface area (TPSA) is 34.9 Å². The van der Waals surface area contributed by atoms with Crippen molar-refractivity contribution < 1.29 is 9.18 Å². The van der Waals surface area contributed by atoms with Gasteiger partial charge in [0.15, 0.2) is 6.29 Å². The molecule has 0 aliphatic rings. The monoisotopic (exact) mass is 232 g/mol. The van der Waals surface area contributed by atoms with Crippen molar-refractivity contribution in [2.45, 2.75) is 13.3 Å². The van der Waals surface area contributed by atoms with Crippen molar-refractivity contribution in [1.82, 2.24) is 9.78 Å². The lowest BCUT2D eigenvalue weighted by Crippen LogP contribution is -1.95. The Morgan fingerprint density at radius 1 is 1.35 bits per heavy atom. The largest absolute Gasteiger partial charge is 0.296 e. The molecular weight excluding hydrogens is 219 g/mol. The molecule has 0 fully saturated rings. The van der Waals surface area contributed by atoms with Gasteiger partial charge in [0, 0.05) is 18.2 Å². The number of rotatable bonds is 3. The zero-order valence-corrected chi connectivity index (χ0v) is 9.77. The molecule has 0 N–H and O–H groups in total. The van der Waals surface area contributed by atoms with E-state index >= 15 is 0 Å². The highest BCUT2D eigenvalue weighted by atomic mass is 19.1. The maximum absolute atomic E-state index is 12.9. The van der Waals surface area contributed by atoms with Crippen LogP contribution in [0.15, 0.2) is 24.3 Å². The minimum Gasteiger partial charge on any atom is -0.296 e. The molecule has 2 rings (SSSR count). The molecule has 0 unspecified atom stereocenters. The Bertz CT molecular complexity index is 543. The molecule has 0 radical (unpaired) electrons. The van der Waals surface area contributed by atoms with Crippen molar-refractivity contribution in [2.75, 3.05) is 0 Å². The number of nitrogens with zero attached hydrogens (tertiary/aromatic N) is 2. The third-order valence-electron chi connectivity index (χ3n) is 2.76. The van der Waals surface area contributed by atoms with Gasteiger partial charge in [0.2, 0.25) is 0 Å². The van der Waals surface area contributed by atoms with E-state index in [9.17, 15) is 9.18 Å². The first kappa shape index (κ1) is 11.5. The molecule has 1 heterocycles. The van der Waals surface area contributed by atoms with Gasteiger partial charge in [-0.2, -0.15) is 5.10 Å². The van der Waals surface area contributed by atoms with Crippen LogP contribution in [0.4, 0.5) is 4.39 Å². The second kappa shape index (κ2) is 4.49. The van der Waals surface area contributed by atoms with Crippen molar-refractivity contribution in [3.63, 3.8) is 0 Å². The molecule has 0 saturated carbocycles. The van der Waals surface area contributed by atoms with E-state index in [1.54, 1.807) is 23.9 Å². The summed E-state index contributed by atoms with van der Waals surface area (Å²) in [6.45, 7) is 1.97. The number of carbonyl (C=O) groups is 1. The molecule has 4 heteroatoms. The Morgan fingerprint density at radius 3 is 2.53 bits per heavy atom. The van der Waals surface area contributed by atoms with E-state index in [0.29, 0.717) is 12.1 Å². The lowest BCUT2D eigenvalue weighted by Gasteiger charge is -2.05. The van der Waals surface area contributed by atoms with E-state index in [1.807, 2.05) is 6.92 Å². The van der Waals surface area contributed by atoms with E-state index < -0.39 is 0 Å². The van der Waals surface area contributed by atoms with Gasteiger partial charge in [-0.3, -0.25) is 9.48 Å². The molecule has 1 aromatic heterocycles. The van der Waals surface area contributed by atoms with Gasteiger partial charge in [-0.1, -0.05) is 6.92 Å². The first-order valence-electron chi connectivity index (χ1n) is 5.44. The molecule has 0 aliphatic heterocycles. The fraction of sp³-hybridized carbons (Fsp3) is 0.231. The normalized spacial score (nSPS) is 10.5. The third-order valence-corrected chi connectivity index (χ3v) is 2.76. The Hall–Kier alpha value is -1.97. The van der Waals surface area contributed by atoms with Crippen LogP contribution in [0.25, 0.3) is 11.3 Å². The summed E-state index contributed by atoms with van der Waals surface area (Å²) in [5.74, 6) is -0.274. The summed E-state index contributed by atoms with van der Waals surface area (Å²) in [7, 11) is 1.78. The van der Waals surface area contributed by atoms with Gasteiger partial charge in [-0.25, -0.2) is 4.39 Å². The molecule has 0 spiro atoms. The van der Waals surface area contributed by atoms with E-state index in [4.69, 9.17) is 0 Å².